The first kappa shape index (κ1) is 8.69. The summed E-state index contributed by atoms with van der Waals surface area (Å²) in [6.07, 6.45) is -2.90. The average Bonchev–Trinajstić information content (AvgIpc) is 2.38. The van der Waals surface area contributed by atoms with Crippen LogP contribution in [0.5, 0.6) is 0 Å². The van der Waals surface area contributed by atoms with Gasteiger partial charge in [0.25, 0.3) is 0 Å². The molecule has 1 radical (unpaired) electrons. The minimum atomic E-state index is -4.65. The van der Waals surface area contributed by atoms with E-state index < -0.39 is 17.8 Å². The van der Waals surface area contributed by atoms with Crippen LogP contribution >= 0.6 is 0 Å². The molecule has 0 aromatic carbocycles. The Morgan fingerprint density at radius 3 is 2.58 bits per heavy atom. The molecule has 0 aliphatic carbocycles. The third kappa shape index (κ3) is 1.60. The quantitative estimate of drug-likeness (QED) is 0.719. The van der Waals surface area contributed by atoms with E-state index in [0.717, 1.165) is 12.5 Å². The van der Waals surface area contributed by atoms with Crippen molar-refractivity contribution < 1.29 is 18.0 Å². The summed E-state index contributed by atoms with van der Waals surface area (Å²) in [5.41, 5.74) is -0.475. The van der Waals surface area contributed by atoms with Gasteiger partial charge in [-0.1, -0.05) is 5.21 Å². The second-order valence-electron chi connectivity index (χ2n) is 1.99. The summed E-state index contributed by atoms with van der Waals surface area (Å²) in [4.78, 5) is 9.92. The Bertz CT molecular complexity index is 255. The highest BCUT2D eigenvalue weighted by atomic mass is 19.4. The van der Waals surface area contributed by atoms with Crippen LogP contribution in [-0.2, 0) is 4.79 Å². The van der Waals surface area contributed by atoms with Crippen LogP contribution in [0.2, 0.25) is 0 Å². The lowest BCUT2D eigenvalue weighted by atomic mass is 10.1. The van der Waals surface area contributed by atoms with Crippen molar-refractivity contribution in [1.82, 2.24) is 15.4 Å². The zero-order chi connectivity index (χ0) is 9.19. The van der Waals surface area contributed by atoms with E-state index in [1.165, 1.54) is 0 Å². The minimum absolute atomic E-state index is 0.475. The lowest BCUT2D eigenvalue weighted by molar-refractivity contribution is -0.135. The highest BCUT2D eigenvalue weighted by molar-refractivity contribution is 5.62. The van der Waals surface area contributed by atoms with Gasteiger partial charge in [0.1, 0.15) is 5.69 Å². The van der Waals surface area contributed by atoms with Gasteiger partial charge in [-0.3, -0.25) is 9.89 Å². The van der Waals surface area contributed by atoms with Gasteiger partial charge in [-0.25, -0.2) is 0 Å². The second-order valence-corrected chi connectivity index (χ2v) is 1.99. The summed E-state index contributed by atoms with van der Waals surface area (Å²) < 4.78 is 35.8. The average molecular weight is 178 g/mol. The molecular weight excluding hydrogens is 175 g/mol. The van der Waals surface area contributed by atoms with Crippen LogP contribution in [0.1, 0.15) is 11.6 Å². The number of hydrogen-bond donors (Lipinski definition) is 1. The predicted octanol–water partition coefficient (Wildman–Crippen LogP) is 0.560. The molecule has 1 heterocycles. The molecule has 0 bridgehead atoms. The summed E-state index contributed by atoms with van der Waals surface area (Å²) in [5.74, 6) is -2.31. The first-order chi connectivity index (χ1) is 5.55. The third-order valence-corrected chi connectivity index (χ3v) is 1.18. The summed E-state index contributed by atoms with van der Waals surface area (Å²) in [7, 11) is 0. The Kier molecular flexibility index (Phi) is 2.11. The number of nitrogens with one attached hydrogen (secondary N) is 1. The maximum atomic E-state index is 11.9. The van der Waals surface area contributed by atoms with Gasteiger partial charge in [0, 0.05) is 6.20 Å². The normalized spacial score (nSPS) is 14.2. The molecule has 0 saturated carbocycles. The Hall–Kier alpha value is -1.40. The number of alkyl halides is 3. The number of carbonyl (C=O) groups excluding carboxylic acids is 1. The third-order valence-electron chi connectivity index (χ3n) is 1.18. The topological polar surface area (TPSA) is 58.6 Å². The van der Waals surface area contributed by atoms with E-state index in [4.69, 9.17) is 0 Å². The van der Waals surface area contributed by atoms with Crippen molar-refractivity contribution in [2.24, 2.45) is 0 Å². The summed E-state index contributed by atoms with van der Waals surface area (Å²) >= 11 is 0. The number of aromatic amines is 1. The van der Waals surface area contributed by atoms with Crippen molar-refractivity contribution in [3.63, 3.8) is 0 Å². The number of hydrogen-bond acceptors (Lipinski definition) is 3. The van der Waals surface area contributed by atoms with Crippen molar-refractivity contribution in [1.29, 1.82) is 0 Å². The molecule has 4 nitrogen and oxygen atoms in total. The van der Waals surface area contributed by atoms with Crippen molar-refractivity contribution in [2.45, 2.75) is 12.1 Å². The Labute approximate surface area is 64.8 Å². The molecule has 0 fully saturated rings. The summed E-state index contributed by atoms with van der Waals surface area (Å²) in [6.45, 7) is 0. The van der Waals surface area contributed by atoms with Crippen LogP contribution in [0.15, 0.2) is 6.20 Å². The van der Waals surface area contributed by atoms with Gasteiger partial charge in [0.05, 0.1) is 0 Å². The Balaban J connectivity index is 2.91. The van der Waals surface area contributed by atoms with Gasteiger partial charge in [-0.2, -0.15) is 13.2 Å². The lowest BCUT2D eigenvalue weighted by Gasteiger charge is -2.09. The van der Waals surface area contributed by atoms with Crippen molar-refractivity contribution >= 4 is 6.29 Å². The molecule has 1 unspecified atom stereocenters. The second kappa shape index (κ2) is 2.92. The molecule has 0 amide bonds. The summed E-state index contributed by atoms with van der Waals surface area (Å²) in [6, 6.07) is 0. The molecule has 0 spiro atoms. The fourth-order valence-corrected chi connectivity index (χ4v) is 0.646. The number of rotatable bonds is 2. The van der Waals surface area contributed by atoms with E-state index in [0.29, 0.717) is 0 Å². The van der Waals surface area contributed by atoms with Crippen LogP contribution in [0.25, 0.3) is 0 Å². The molecule has 1 aromatic rings. The van der Waals surface area contributed by atoms with E-state index in [1.807, 2.05) is 0 Å². The monoisotopic (exact) mass is 178 g/mol. The van der Waals surface area contributed by atoms with Gasteiger partial charge in [0.2, 0.25) is 6.29 Å². The van der Waals surface area contributed by atoms with E-state index in [-0.39, 0.29) is 0 Å². The van der Waals surface area contributed by atoms with Crippen LogP contribution in [0, 0.1) is 0 Å². The fourth-order valence-electron chi connectivity index (χ4n) is 0.646. The van der Waals surface area contributed by atoms with Crippen LogP contribution < -0.4 is 0 Å². The molecule has 1 aromatic heterocycles. The highest BCUT2D eigenvalue weighted by Gasteiger charge is 2.43. The van der Waals surface area contributed by atoms with Gasteiger partial charge in [-0.05, 0) is 0 Å². The Morgan fingerprint density at radius 1 is 1.58 bits per heavy atom. The van der Waals surface area contributed by atoms with Gasteiger partial charge in [-0.15, -0.1) is 5.10 Å². The molecule has 65 valence electrons. The van der Waals surface area contributed by atoms with Crippen LogP contribution in [0.3, 0.4) is 0 Å². The van der Waals surface area contributed by atoms with Gasteiger partial charge < -0.3 is 0 Å². The molecule has 7 heteroatoms. The molecule has 1 rings (SSSR count). The lowest BCUT2D eigenvalue weighted by Crippen LogP contribution is -2.22. The van der Waals surface area contributed by atoms with Crippen molar-refractivity contribution in [2.75, 3.05) is 0 Å². The standard InChI is InChI=1S/C5H3F3N3O/c6-5(7,8)3(2-12)4-1-9-11-10-4/h1,3H,(H,9,10,11). The molecule has 0 saturated heterocycles. The Morgan fingerprint density at radius 2 is 2.25 bits per heavy atom. The molecule has 0 aliphatic rings. The van der Waals surface area contributed by atoms with Gasteiger partial charge in [0.15, 0.2) is 5.92 Å². The van der Waals surface area contributed by atoms with E-state index >= 15 is 0 Å². The van der Waals surface area contributed by atoms with E-state index in [9.17, 15) is 18.0 Å². The molecular formula is C5H3F3N3O. The van der Waals surface area contributed by atoms with E-state index in [1.54, 1.807) is 0 Å². The number of nitrogens with zero attached hydrogens (tertiary/aromatic N) is 2. The summed E-state index contributed by atoms with van der Waals surface area (Å²) in [5, 5.41) is 8.19. The molecule has 1 atom stereocenters. The zero-order valence-electron chi connectivity index (χ0n) is 5.59. The predicted molar refractivity (Wildman–Crippen MR) is 30.9 cm³/mol. The SMILES string of the molecule is O=[C]C(c1c[nH]nn1)C(F)(F)F. The van der Waals surface area contributed by atoms with Crippen molar-refractivity contribution in [3.8, 4) is 0 Å². The number of H-pyrrole nitrogens is 1. The molecule has 1 N–H and O–H groups in total. The van der Waals surface area contributed by atoms with Crippen LogP contribution in [-0.4, -0.2) is 27.9 Å². The first-order valence-corrected chi connectivity index (χ1v) is 2.86. The number of halogens is 3. The molecule has 12 heavy (non-hydrogen) atoms. The first-order valence-electron chi connectivity index (χ1n) is 2.86. The van der Waals surface area contributed by atoms with Crippen molar-refractivity contribution in [3.05, 3.63) is 11.9 Å². The smallest absolute Gasteiger partial charge is 0.290 e. The fraction of sp³-hybridized carbons (Fsp3) is 0.400. The van der Waals surface area contributed by atoms with E-state index in [2.05, 4.69) is 15.4 Å². The minimum Gasteiger partial charge on any atom is -0.290 e. The maximum Gasteiger partial charge on any atom is 0.404 e. The highest BCUT2D eigenvalue weighted by Crippen LogP contribution is 2.31. The maximum absolute atomic E-state index is 11.9. The van der Waals surface area contributed by atoms with Gasteiger partial charge >= 0.3 is 6.18 Å². The zero-order valence-corrected chi connectivity index (χ0v) is 5.59. The largest absolute Gasteiger partial charge is 0.404 e. The van der Waals surface area contributed by atoms with Crippen LogP contribution in [0.4, 0.5) is 13.2 Å². The molecule has 0 aliphatic heterocycles. The number of aromatic nitrogens is 3.